The number of esters is 2. The van der Waals surface area contributed by atoms with E-state index < -0.39 is 36.2 Å². The fourth-order valence-corrected chi connectivity index (χ4v) is 8.94. The highest BCUT2D eigenvalue weighted by Gasteiger charge is 2.44. The van der Waals surface area contributed by atoms with Crippen LogP contribution in [0.4, 0.5) is 8.78 Å². The highest BCUT2D eigenvalue weighted by molar-refractivity contribution is 5.93. The zero-order valence-corrected chi connectivity index (χ0v) is 35.6. The molecule has 1 heterocycles. The van der Waals surface area contributed by atoms with E-state index in [0.29, 0.717) is 50.1 Å². The molecule has 3 aliphatic carbocycles. The van der Waals surface area contributed by atoms with Gasteiger partial charge in [0.1, 0.15) is 34.6 Å². The fraction of sp³-hybridized carbons (Fsp3) is 0.480. The van der Waals surface area contributed by atoms with Crippen molar-refractivity contribution in [1.82, 2.24) is 0 Å². The smallest absolute Gasteiger partial charge is 0.346 e. The number of benzene rings is 4. The average molecular weight is 855 g/mol. The zero-order chi connectivity index (χ0) is 43.3. The van der Waals surface area contributed by atoms with Gasteiger partial charge in [0.2, 0.25) is 0 Å². The molecule has 1 saturated heterocycles. The van der Waals surface area contributed by atoms with E-state index in [1.54, 1.807) is 30.3 Å². The van der Waals surface area contributed by atoms with Gasteiger partial charge in [0.25, 0.3) is 0 Å². The molecule has 0 amide bonds. The third kappa shape index (κ3) is 10.5. The van der Waals surface area contributed by atoms with E-state index in [2.05, 4.69) is 0 Å². The minimum Gasteiger partial charge on any atom is -0.465 e. The molecule has 0 aromatic heterocycles. The Labute approximate surface area is 361 Å². The first-order valence-electron chi connectivity index (χ1n) is 22.3. The van der Waals surface area contributed by atoms with Crippen LogP contribution in [0.3, 0.4) is 0 Å². The first-order valence-corrected chi connectivity index (χ1v) is 22.3. The summed E-state index contributed by atoms with van der Waals surface area (Å²) in [4.78, 5) is 26.4. The summed E-state index contributed by atoms with van der Waals surface area (Å²) < 4.78 is 71.8. The molecule has 62 heavy (non-hydrogen) atoms. The van der Waals surface area contributed by atoms with Crippen molar-refractivity contribution >= 4 is 11.9 Å². The minimum absolute atomic E-state index is 0.169. The monoisotopic (exact) mass is 854 g/mol. The molecule has 4 aliphatic rings. The number of fused-ring (bicyclic) bond motifs is 4. The molecule has 12 heteroatoms. The van der Waals surface area contributed by atoms with Gasteiger partial charge in [-0.3, -0.25) is 0 Å². The van der Waals surface area contributed by atoms with Crippen LogP contribution in [0, 0.1) is 23.5 Å². The zero-order valence-electron chi connectivity index (χ0n) is 35.6. The van der Waals surface area contributed by atoms with Crippen molar-refractivity contribution in [1.29, 1.82) is 0 Å². The number of aliphatic hydroxyl groups is 1. The molecule has 1 N–H and O–H groups in total. The van der Waals surface area contributed by atoms with Crippen molar-refractivity contribution in [2.75, 3.05) is 13.2 Å². The first-order chi connectivity index (χ1) is 30.0. The number of epoxide rings is 1. The van der Waals surface area contributed by atoms with E-state index in [1.807, 2.05) is 32.9 Å². The molecule has 1 aliphatic heterocycles. The van der Waals surface area contributed by atoms with Crippen LogP contribution in [-0.4, -0.2) is 61.2 Å². The lowest BCUT2D eigenvalue weighted by molar-refractivity contribution is -0.101. The van der Waals surface area contributed by atoms with Gasteiger partial charge in [-0.25, -0.2) is 18.4 Å². The van der Waals surface area contributed by atoms with Crippen LogP contribution < -0.4 is 18.9 Å². The Morgan fingerprint density at radius 1 is 0.645 bits per heavy atom. The van der Waals surface area contributed by atoms with Crippen molar-refractivity contribution in [2.45, 2.75) is 128 Å². The van der Waals surface area contributed by atoms with Crippen molar-refractivity contribution in [2.24, 2.45) is 11.8 Å². The number of ether oxygens (including phenoxy) is 7. The van der Waals surface area contributed by atoms with Crippen LogP contribution in [0.25, 0.3) is 11.1 Å². The Balaban J connectivity index is 0.854. The predicted octanol–water partition coefficient (Wildman–Crippen LogP) is 10.7. The third-order valence-corrected chi connectivity index (χ3v) is 12.6. The second-order valence-corrected chi connectivity index (χ2v) is 17.2. The molecule has 4 aromatic carbocycles. The molecule has 330 valence electrons. The minimum atomic E-state index is -0.852. The Bertz CT molecular complexity index is 2220. The van der Waals surface area contributed by atoms with Crippen LogP contribution in [-0.2, 0) is 14.2 Å². The summed E-state index contributed by atoms with van der Waals surface area (Å²) >= 11 is 0. The van der Waals surface area contributed by atoms with Crippen LogP contribution in [0.5, 0.6) is 23.0 Å². The normalized spacial score (nSPS) is 23.3. The maximum Gasteiger partial charge on any atom is 0.346 e. The number of aliphatic hydroxyl groups excluding tert-OH is 1. The predicted molar refractivity (Wildman–Crippen MR) is 227 cm³/mol. The summed E-state index contributed by atoms with van der Waals surface area (Å²) in [6.07, 6.45) is 8.78. The van der Waals surface area contributed by atoms with Gasteiger partial charge in [-0.05, 0) is 128 Å². The Morgan fingerprint density at radius 2 is 1.13 bits per heavy atom. The summed E-state index contributed by atoms with van der Waals surface area (Å²) in [5.74, 6) is -1.63. The molecular formula is C50H56F2O10. The summed E-state index contributed by atoms with van der Waals surface area (Å²) in [5, 5.41) is 9.80. The number of halogens is 2. The van der Waals surface area contributed by atoms with Gasteiger partial charge in [-0.1, -0.05) is 45.7 Å². The molecule has 0 bridgehead atoms. The summed E-state index contributed by atoms with van der Waals surface area (Å²) in [7, 11) is 0. The Hall–Kier alpha value is -4.88. The molecule has 0 spiro atoms. The molecule has 10 nitrogen and oxygen atoms in total. The van der Waals surface area contributed by atoms with E-state index in [0.717, 1.165) is 80.0 Å². The number of hydrogen-bond acceptors (Lipinski definition) is 10. The highest BCUT2D eigenvalue weighted by atomic mass is 19.1. The molecule has 4 aromatic rings. The molecular weight excluding hydrogens is 799 g/mol. The van der Waals surface area contributed by atoms with Gasteiger partial charge in [0, 0.05) is 30.9 Å². The van der Waals surface area contributed by atoms with E-state index in [9.17, 15) is 14.7 Å². The highest BCUT2D eigenvalue weighted by Crippen LogP contribution is 2.47. The van der Waals surface area contributed by atoms with Gasteiger partial charge in [-0.15, -0.1) is 0 Å². The summed E-state index contributed by atoms with van der Waals surface area (Å²) in [5.41, 5.74) is 3.12. The third-order valence-electron chi connectivity index (χ3n) is 12.6. The van der Waals surface area contributed by atoms with Crippen LogP contribution in [0.1, 0.15) is 129 Å². The topological polar surface area (TPSA) is 122 Å². The van der Waals surface area contributed by atoms with Gasteiger partial charge in [0.05, 0.1) is 42.7 Å². The molecule has 6 atom stereocenters. The maximum absolute atomic E-state index is 15.4. The van der Waals surface area contributed by atoms with E-state index in [1.165, 1.54) is 30.3 Å². The Kier molecular flexibility index (Phi) is 13.9. The number of rotatable bonds is 18. The number of carbonyl (C=O) groups excluding carboxylic acids is 2. The number of hydrogen-bond donors (Lipinski definition) is 1. The Morgan fingerprint density at radius 3 is 1.61 bits per heavy atom. The summed E-state index contributed by atoms with van der Waals surface area (Å²) in [6.45, 7) is 7.09. The summed E-state index contributed by atoms with van der Waals surface area (Å²) in [6, 6.07) is 18.6. The van der Waals surface area contributed by atoms with Gasteiger partial charge < -0.3 is 38.3 Å². The second-order valence-electron chi connectivity index (χ2n) is 17.2. The van der Waals surface area contributed by atoms with E-state index in [-0.39, 0.29) is 46.1 Å². The van der Waals surface area contributed by atoms with Crippen molar-refractivity contribution in [3.05, 3.63) is 107 Å². The van der Waals surface area contributed by atoms with Crippen molar-refractivity contribution in [3.63, 3.8) is 0 Å². The van der Waals surface area contributed by atoms with Crippen molar-refractivity contribution < 1.29 is 56.6 Å². The van der Waals surface area contributed by atoms with Crippen LogP contribution >= 0.6 is 0 Å². The second kappa shape index (κ2) is 19.7. The average Bonchev–Trinajstić information content (AvgIpc) is 3.99. The first kappa shape index (κ1) is 43.8. The maximum atomic E-state index is 15.4. The standard InChI is InChI=1S/C50H56F2O10/c1-4-6-47(56-27-30-8-11-32(53)12-9-30)58-35-15-19-39(43(51)25-35)49(54)60-33-13-17-37-38-18-14-34(24-42(38)29(3)41(37)23-33)61-50(55)40-20-16-36(26-44(40)52)59-48(7-5-2)57-28-31-10-21-45-46(22-31)62-45/h13-20,23-26,29-32,45-48,53H,4-12,21-22,27-28H2,1-3H3. The SMILES string of the molecule is CCCC(OCC1CCC(O)CC1)Oc1ccc(C(=O)Oc2ccc3c(c2)C(C)c2cc(OC(=O)c4ccc(OC(CCC)OCC5CCC6OC6C5)cc4F)ccc2-3)c(F)c1. The molecule has 8 rings (SSSR count). The molecule has 2 saturated carbocycles. The number of carbonyl (C=O) groups is 2. The molecule has 6 unspecified atom stereocenters. The lowest BCUT2D eigenvalue weighted by atomic mass is 9.88. The van der Waals surface area contributed by atoms with E-state index >= 15 is 8.78 Å². The molecule has 0 radical (unpaired) electrons. The lowest BCUT2D eigenvalue weighted by Crippen LogP contribution is -2.27. The quantitative estimate of drug-likeness (QED) is 0.0448. The molecule has 3 fully saturated rings. The van der Waals surface area contributed by atoms with Gasteiger partial charge >= 0.3 is 11.9 Å². The van der Waals surface area contributed by atoms with Crippen molar-refractivity contribution in [3.8, 4) is 34.1 Å². The van der Waals surface area contributed by atoms with E-state index in [4.69, 9.17) is 33.2 Å². The van der Waals surface area contributed by atoms with Gasteiger partial charge in [0.15, 0.2) is 12.6 Å². The van der Waals surface area contributed by atoms with Gasteiger partial charge in [-0.2, -0.15) is 0 Å². The van der Waals surface area contributed by atoms with Crippen LogP contribution in [0.2, 0.25) is 0 Å². The largest absolute Gasteiger partial charge is 0.465 e. The van der Waals surface area contributed by atoms with Crippen LogP contribution in [0.15, 0.2) is 72.8 Å². The lowest BCUT2D eigenvalue weighted by Gasteiger charge is -2.27. The fourth-order valence-electron chi connectivity index (χ4n) is 8.94.